The van der Waals surface area contributed by atoms with E-state index in [-0.39, 0.29) is 25.5 Å². The zero-order valence-electron chi connectivity index (χ0n) is 13.4. The molecule has 5 nitrogen and oxygen atoms in total. The highest BCUT2D eigenvalue weighted by molar-refractivity contribution is 7.89. The first kappa shape index (κ1) is 22.1. The first-order valence-electron chi connectivity index (χ1n) is 7.38. The third-order valence-corrected chi connectivity index (χ3v) is 5.25. The highest BCUT2D eigenvalue weighted by Crippen LogP contribution is 2.25. The van der Waals surface area contributed by atoms with Gasteiger partial charge in [0.05, 0.1) is 0 Å². The molecule has 1 heterocycles. The van der Waals surface area contributed by atoms with Crippen molar-refractivity contribution in [1.29, 1.82) is 0 Å². The van der Waals surface area contributed by atoms with Gasteiger partial charge in [-0.3, -0.25) is 4.90 Å². The van der Waals surface area contributed by atoms with Gasteiger partial charge in [-0.05, 0) is 24.6 Å². The maximum absolute atomic E-state index is 13.7. The van der Waals surface area contributed by atoms with Crippen LogP contribution in [0.15, 0.2) is 23.1 Å². The second kappa shape index (κ2) is 8.63. The van der Waals surface area contributed by atoms with Crippen LogP contribution in [0.3, 0.4) is 0 Å². The Labute approximate surface area is 150 Å². The number of benzene rings is 1. The van der Waals surface area contributed by atoms with Crippen molar-refractivity contribution < 1.29 is 26.0 Å². The minimum absolute atomic E-state index is 0. The van der Waals surface area contributed by atoms with E-state index < -0.39 is 39.5 Å². The summed E-state index contributed by atoms with van der Waals surface area (Å²) in [7, 11) is -4.37. The van der Waals surface area contributed by atoms with Gasteiger partial charge >= 0.3 is 6.18 Å². The lowest BCUT2D eigenvalue weighted by atomic mass is 10.2. The Balaban J connectivity index is 0.00000312. The largest absolute Gasteiger partial charge is 0.405 e. The highest BCUT2D eigenvalue weighted by Gasteiger charge is 2.44. The summed E-state index contributed by atoms with van der Waals surface area (Å²) < 4.78 is 79.7. The first-order valence-corrected chi connectivity index (χ1v) is 8.87. The maximum atomic E-state index is 13.7. The molecule has 1 saturated heterocycles. The molecule has 0 aliphatic carbocycles. The normalized spacial score (nSPS) is 17.8. The molecule has 0 amide bonds. The average Bonchev–Trinajstić information content (AvgIpc) is 2.49. The molecule has 1 aromatic rings. The van der Waals surface area contributed by atoms with Crippen molar-refractivity contribution >= 4 is 22.4 Å². The third-order valence-electron chi connectivity index (χ3n) is 3.81. The topological polar surface area (TPSA) is 61.4 Å². The summed E-state index contributed by atoms with van der Waals surface area (Å²) in [4.78, 5) is 0.523. The van der Waals surface area contributed by atoms with Crippen LogP contribution in [0.5, 0.6) is 0 Å². The summed E-state index contributed by atoms with van der Waals surface area (Å²) in [5.41, 5.74) is 0.492. The summed E-state index contributed by atoms with van der Waals surface area (Å²) in [6.07, 6.45) is -4.59. The lowest BCUT2D eigenvalue weighted by molar-refractivity contribution is -0.182. The van der Waals surface area contributed by atoms with E-state index in [4.69, 9.17) is 0 Å². The highest BCUT2D eigenvalue weighted by atomic mass is 35.5. The number of halogens is 5. The van der Waals surface area contributed by atoms with Gasteiger partial charge in [-0.15, -0.1) is 12.4 Å². The second-order valence-corrected chi connectivity index (χ2v) is 7.36. The zero-order valence-corrected chi connectivity index (χ0v) is 15.1. The molecule has 2 N–H and O–H groups in total. The number of piperazine rings is 1. The van der Waals surface area contributed by atoms with Crippen LogP contribution in [0.2, 0.25) is 0 Å². The van der Waals surface area contributed by atoms with Gasteiger partial charge in [0, 0.05) is 32.7 Å². The van der Waals surface area contributed by atoms with Gasteiger partial charge in [0.15, 0.2) is 0 Å². The predicted molar refractivity (Wildman–Crippen MR) is 87.9 cm³/mol. The Morgan fingerprint density at radius 1 is 1.28 bits per heavy atom. The van der Waals surface area contributed by atoms with Crippen molar-refractivity contribution in [3.05, 3.63) is 29.6 Å². The van der Waals surface area contributed by atoms with Gasteiger partial charge in [0.1, 0.15) is 16.8 Å². The van der Waals surface area contributed by atoms with Crippen molar-refractivity contribution in [2.75, 3.05) is 32.7 Å². The summed E-state index contributed by atoms with van der Waals surface area (Å²) >= 11 is 0. The summed E-state index contributed by atoms with van der Waals surface area (Å²) in [6, 6.07) is 1.49. The van der Waals surface area contributed by atoms with Crippen LogP contribution < -0.4 is 10.0 Å². The number of hydrogen-bond donors (Lipinski definition) is 2. The molecule has 25 heavy (non-hydrogen) atoms. The molecule has 1 atom stereocenters. The van der Waals surface area contributed by atoms with Gasteiger partial charge in [-0.2, -0.15) is 13.2 Å². The van der Waals surface area contributed by atoms with Gasteiger partial charge < -0.3 is 5.32 Å². The third kappa shape index (κ3) is 5.78. The number of alkyl halides is 3. The van der Waals surface area contributed by atoms with E-state index in [0.29, 0.717) is 18.7 Å². The molecule has 1 aromatic carbocycles. The van der Waals surface area contributed by atoms with E-state index in [2.05, 4.69) is 5.32 Å². The van der Waals surface area contributed by atoms with Gasteiger partial charge in [0.25, 0.3) is 0 Å². The number of hydrogen-bond acceptors (Lipinski definition) is 4. The molecule has 0 spiro atoms. The van der Waals surface area contributed by atoms with Crippen LogP contribution in [0.1, 0.15) is 5.56 Å². The minimum Gasteiger partial charge on any atom is -0.314 e. The van der Waals surface area contributed by atoms with E-state index >= 15 is 0 Å². The molecule has 0 aromatic heterocycles. The Hall–Kier alpha value is -0.940. The van der Waals surface area contributed by atoms with Gasteiger partial charge in [-0.25, -0.2) is 17.5 Å². The lowest BCUT2D eigenvalue weighted by Gasteiger charge is -2.35. The number of sulfonamides is 1. The van der Waals surface area contributed by atoms with Crippen LogP contribution in [-0.4, -0.2) is 58.3 Å². The molecule has 0 radical (unpaired) electrons. The summed E-state index contributed by atoms with van der Waals surface area (Å²) in [5, 5.41) is 2.94. The first-order chi connectivity index (χ1) is 11.1. The van der Waals surface area contributed by atoms with Crippen LogP contribution in [0, 0.1) is 12.7 Å². The fourth-order valence-corrected chi connectivity index (χ4v) is 3.73. The maximum Gasteiger partial charge on any atom is 0.405 e. The summed E-state index contributed by atoms with van der Waals surface area (Å²) in [5.74, 6) is -1.00. The smallest absolute Gasteiger partial charge is 0.314 e. The molecule has 0 bridgehead atoms. The lowest BCUT2D eigenvalue weighted by Crippen LogP contribution is -2.57. The van der Waals surface area contributed by atoms with Crippen LogP contribution in [0.4, 0.5) is 17.6 Å². The number of nitrogens with one attached hydrogen (secondary N) is 2. The molecule has 1 unspecified atom stereocenters. The second-order valence-electron chi connectivity index (χ2n) is 5.63. The Bertz CT molecular complexity index is 679. The van der Waals surface area contributed by atoms with Crippen molar-refractivity contribution in [3.63, 3.8) is 0 Å². The fourth-order valence-electron chi connectivity index (χ4n) is 2.53. The Morgan fingerprint density at radius 2 is 1.88 bits per heavy atom. The van der Waals surface area contributed by atoms with Gasteiger partial charge in [0.2, 0.25) is 10.0 Å². The molecular weight excluding hydrogens is 386 g/mol. The number of nitrogens with zero attached hydrogens (tertiary/aromatic N) is 1. The van der Waals surface area contributed by atoms with Crippen molar-refractivity contribution in [2.24, 2.45) is 0 Å². The minimum atomic E-state index is -4.59. The van der Waals surface area contributed by atoms with E-state index in [1.165, 1.54) is 11.0 Å². The zero-order chi connectivity index (χ0) is 18.0. The number of aryl methyl sites for hydroxylation is 1. The van der Waals surface area contributed by atoms with Crippen LogP contribution >= 0.6 is 12.4 Å². The quantitative estimate of drug-likeness (QED) is 0.732. The Morgan fingerprint density at radius 3 is 2.44 bits per heavy atom. The van der Waals surface area contributed by atoms with E-state index in [1.807, 2.05) is 4.72 Å². The molecule has 1 aliphatic rings. The molecule has 0 saturated carbocycles. The van der Waals surface area contributed by atoms with Crippen LogP contribution in [-0.2, 0) is 10.0 Å². The molecular formula is C14H20ClF4N3O2S. The molecule has 2 rings (SSSR count). The number of rotatable bonds is 5. The van der Waals surface area contributed by atoms with E-state index in [1.54, 1.807) is 6.92 Å². The average molecular weight is 406 g/mol. The fraction of sp³-hybridized carbons (Fsp3) is 0.571. The van der Waals surface area contributed by atoms with Gasteiger partial charge in [-0.1, -0.05) is 6.07 Å². The predicted octanol–water partition coefficient (Wildman–Crippen LogP) is 1.67. The van der Waals surface area contributed by atoms with Crippen molar-refractivity contribution in [1.82, 2.24) is 14.9 Å². The van der Waals surface area contributed by atoms with Crippen molar-refractivity contribution in [3.8, 4) is 0 Å². The molecule has 11 heteroatoms. The van der Waals surface area contributed by atoms with E-state index in [0.717, 1.165) is 12.1 Å². The van der Waals surface area contributed by atoms with Crippen molar-refractivity contribution in [2.45, 2.75) is 24.0 Å². The monoisotopic (exact) mass is 405 g/mol. The standard InChI is InChI=1S/C14H19F4N3O2S.ClH/c1-10-2-3-11(15)12(8-10)24(22,23)20-9-13(14(16,17)18)21-6-4-19-5-7-21;/h2-3,8,13,19-20H,4-7,9H2,1H3;1H. The molecule has 1 aliphatic heterocycles. The molecule has 1 fully saturated rings. The Kier molecular flexibility index (Phi) is 7.63. The van der Waals surface area contributed by atoms with E-state index in [9.17, 15) is 26.0 Å². The molecule has 144 valence electrons. The SMILES string of the molecule is Cc1ccc(F)c(S(=O)(=O)NCC(N2CCNCC2)C(F)(F)F)c1.Cl. The summed E-state index contributed by atoms with van der Waals surface area (Å²) in [6.45, 7) is 1.81. The van der Waals surface area contributed by atoms with Crippen LogP contribution in [0.25, 0.3) is 0 Å².